The summed E-state index contributed by atoms with van der Waals surface area (Å²) in [6, 6.07) is 0.385. The van der Waals surface area contributed by atoms with Gasteiger partial charge < -0.3 is 10.2 Å². The van der Waals surface area contributed by atoms with Crippen LogP contribution in [0.15, 0.2) is 0 Å². The third-order valence-corrected chi connectivity index (χ3v) is 3.31. The van der Waals surface area contributed by atoms with Crippen molar-refractivity contribution in [2.24, 2.45) is 5.92 Å². The summed E-state index contributed by atoms with van der Waals surface area (Å²) < 4.78 is 36.3. The van der Waals surface area contributed by atoms with Crippen LogP contribution in [0.4, 0.5) is 13.2 Å². The normalized spacial score (nSPS) is 20.9. The molecule has 1 rings (SSSR count). The Morgan fingerprint density at radius 3 is 2.68 bits per heavy atom. The molecule has 0 aromatic rings. The number of halogens is 3. The second kappa shape index (κ2) is 7.12. The van der Waals surface area contributed by atoms with Gasteiger partial charge in [-0.15, -0.1) is 0 Å². The van der Waals surface area contributed by atoms with E-state index in [-0.39, 0.29) is 5.91 Å². The number of piperidine rings is 1. The van der Waals surface area contributed by atoms with Gasteiger partial charge in [0.1, 0.15) is 0 Å². The molecule has 0 saturated carbocycles. The van der Waals surface area contributed by atoms with E-state index in [0.717, 1.165) is 19.4 Å². The SMILES string of the molecule is CC(C)NCC1CCCN(C(=O)CCC(F)(F)F)C1. The zero-order chi connectivity index (χ0) is 14.5. The van der Waals surface area contributed by atoms with Gasteiger partial charge in [-0.25, -0.2) is 0 Å². The number of hydrogen-bond acceptors (Lipinski definition) is 2. The maximum Gasteiger partial charge on any atom is 0.389 e. The van der Waals surface area contributed by atoms with Crippen molar-refractivity contribution in [3.63, 3.8) is 0 Å². The fourth-order valence-corrected chi connectivity index (χ4v) is 2.27. The molecule has 1 amide bonds. The molecular formula is C13H23F3N2O. The lowest BCUT2D eigenvalue weighted by Crippen LogP contribution is -2.43. The van der Waals surface area contributed by atoms with Crippen LogP contribution in [-0.2, 0) is 4.79 Å². The van der Waals surface area contributed by atoms with Gasteiger partial charge in [-0.3, -0.25) is 4.79 Å². The Labute approximate surface area is 112 Å². The van der Waals surface area contributed by atoms with Crippen molar-refractivity contribution in [3.8, 4) is 0 Å². The van der Waals surface area contributed by atoms with Gasteiger partial charge in [0.15, 0.2) is 0 Å². The van der Waals surface area contributed by atoms with Gasteiger partial charge in [0, 0.05) is 25.6 Å². The first-order valence-corrected chi connectivity index (χ1v) is 6.86. The summed E-state index contributed by atoms with van der Waals surface area (Å²) in [5.74, 6) is -0.0161. The maximum atomic E-state index is 12.1. The molecule has 6 heteroatoms. The zero-order valence-corrected chi connectivity index (χ0v) is 11.6. The number of alkyl halides is 3. The quantitative estimate of drug-likeness (QED) is 0.839. The minimum atomic E-state index is -4.25. The molecule has 112 valence electrons. The number of rotatable bonds is 5. The standard InChI is InChI=1S/C13H23F3N2O/c1-10(2)17-8-11-4-3-7-18(9-11)12(19)5-6-13(14,15)16/h10-11,17H,3-9H2,1-2H3. The lowest BCUT2D eigenvalue weighted by atomic mass is 9.97. The van der Waals surface area contributed by atoms with Crippen molar-refractivity contribution in [1.82, 2.24) is 10.2 Å². The highest BCUT2D eigenvalue weighted by Gasteiger charge is 2.30. The van der Waals surface area contributed by atoms with Gasteiger partial charge >= 0.3 is 6.18 Å². The second-order valence-corrected chi connectivity index (χ2v) is 5.53. The van der Waals surface area contributed by atoms with Gasteiger partial charge in [-0.1, -0.05) is 13.8 Å². The predicted molar refractivity (Wildman–Crippen MR) is 67.7 cm³/mol. The van der Waals surface area contributed by atoms with Gasteiger partial charge in [0.05, 0.1) is 6.42 Å². The number of likely N-dealkylation sites (tertiary alicyclic amines) is 1. The summed E-state index contributed by atoms with van der Waals surface area (Å²) in [6.45, 7) is 6.09. The monoisotopic (exact) mass is 280 g/mol. The largest absolute Gasteiger partial charge is 0.389 e. The van der Waals surface area contributed by atoms with E-state index < -0.39 is 19.0 Å². The molecule has 0 aromatic carbocycles. The molecule has 3 nitrogen and oxygen atoms in total. The molecule has 1 aliphatic heterocycles. The van der Waals surface area contributed by atoms with Crippen LogP contribution < -0.4 is 5.32 Å². The molecule has 1 heterocycles. The Morgan fingerprint density at radius 1 is 1.42 bits per heavy atom. The van der Waals surface area contributed by atoms with E-state index >= 15 is 0 Å². The predicted octanol–water partition coefficient (Wildman–Crippen LogP) is 2.57. The van der Waals surface area contributed by atoms with E-state index in [1.54, 1.807) is 4.90 Å². The second-order valence-electron chi connectivity index (χ2n) is 5.53. The third kappa shape index (κ3) is 6.80. The van der Waals surface area contributed by atoms with Crippen LogP contribution in [0.25, 0.3) is 0 Å². The lowest BCUT2D eigenvalue weighted by molar-refractivity contribution is -0.150. The van der Waals surface area contributed by atoms with Gasteiger partial charge in [0.2, 0.25) is 5.91 Å². The smallest absolute Gasteiger partial charge is 0.342 e. The van der Waals surface area contributed by atoms with Gasteiger partial charge in [0.25, 0.3) is 0 Å². The van der Waals surface area contributed by atoms with Crippen molar-refractivity contribution in [3.05, 3.63) is 0 Å². The fourth-order valence-electron chi connectivity index (χ4n) is 2.27. The maximum absolute atomic E-state index is 12.1. The van der Waals surface area contributed by atoms with Gasteiger partial charge in [-0.05, 0) is 25.3 Å². The summed E-state index contributed by atoms with van der Waals surface area (Å²) in [5.41, 5.74) is 0. The molecule has 0 aromatic heterocycles. The molecule has 1 N–H and O–H groups in total. The number of amides is 1. The molecule has 1 unspecified atom stereocenters. The summed E-state index contributed by atoms with van der Waals surface area (Å²) in [5, 5.41) is 3.31. The molecule has 0 bridgehead atoms. The Hall–Kier alpha value is -0.780. The van der Waals surface area contributed by atoms with Gasteiger partial charge in [-0.2, -0.15) is 13.2 Å². The molecule has 1 atom stereocenters. The van der Waals surface area contributed by atoms with Crippen LogP contribution >= 0.6 is 0 Å². The highest BCUT2D eigenvalue weighted by atomic mass is 19.4. The Balaban J connectivity index is 2.35. The summed E-state index contributed by atoms with van der Waals surface area (Å²) in [7, 11) is 0. The van der Waals surface area contributed by atoms with Crippen molar-refractivity contribution < 1.29 is 18.0 Å². The van der Waals surface area contributed by atoms with Crippen LogP contribution in [0.3, 0.4) is 0 Å². The van der Waals surface area contributed by atoms with Crippen LogP contribution in [0, 0.1) is 5.92 Å². The van der Waals surface area contributed by atoms with E-state index in [9.17, 15) is 18.0 Å². The Bertz CT molecular complexity index is 292. The molecule has 0 aliphatic carbocycles. The number of nitrogens with one attached hydrogen (secondary N) is 1. The fraction of sp³-hybridized carbons (Fsp3) is 0.923. The minimum Gasteiger partial charge on any atom is -0.342 e. The molecule has 19 heavy (non-hydrogen) atoms. The van der Waals surface area contributed by atoms with Crippen LogP contribution in [0.1, 0.15) is 39.5 Å². The summed E-state index contributed by atoms with van der Waals surface area (Å²) in [4.78, 5) is 13.3. The first kappa shape index (κ1) is 16.3. The summed E-state index contributed by atoms with van der Waals surface area (Å²) in [6.07, 6.45) is -3.78. The minimum absolute atomic E-state index is 0.353. The van der Waals surface area contributed by atoms with E-state index in [4.69, 9.17) is 0 Å². The average molecular weight is 280 g/mol. The zero-order valence-electron chi connectivity index (χ0n) is 11.6. The average Bonchev–Trinajstić information content (AvgIpc) is 2.33. The summed E-state index contributed by atoms with van der Waals surface area (Å²) >= 11 is 0. The van der Waals surface area contributed by atoms with E-state index in [1.807, 2.05) is 0 Å². The Morgan fingerprint density at radius 2 is 2.11 bits per heavy atom. The van der Waals surface area contributed by atoms with Crippen LogP contribution in [0.2, 0.25) is 0 Å². The van der Waals surface area contributed by atoms with E-state index in [0.29, 0.717) is 25.0 Å². The molecule has 1 saturated heterocycles. The highest BCUT2D eigenvalue weighted by Crippen LogP contribution is 2.23. The molecule has 1 fully saturated rings. The van der Waals surface area contributed by atoms with Crippen molar-refractivity contribution >= 4 is 5.91 Å². The van der Waals surface area contributed by atoms with Crippen LogP contribution in [0.5, 0.6) is 0 Å². The number of hydrogen-bond donors (Lipinski definition) is 1. The number of nitrogens with zero attached hydrogens (tertiary/aromatic N) is 1. The lowest BCUT2D eigenvalue weighted by Gasteiger charge is -2.33. The third-order valence-electron chi connectivity index (χ3n) is 3.31. The highest BCUT2D eigenvalue weighted by molar-refractivity contribution is 5.76. The van der Waals surface area contributed by atoms with E-state index in [1.165, 1.54) is 0 Å². The van der Waals surface area contributed by atoms with Crippen LogP contribution in [-0.4, -0.2) is 42.7 Å². The molecule has 0 spiro atoms. The van der Waals surface area contributed by atoms with Crippen molar-refractivity contribution in [2.75, 3.05) is 19.6 Å². The Kier molecular flexibility index (Phi) is 6.10. The number of carbonyl (C=O) groups excluding carboxylic acids is 1. The number of carbonyl (C=O) groups is 1. The van der Waals surface area contributed by atoms with Crippen molar-refractivity contribution in [1.29, 1.82) is 0 Å². The van der Waals surface area contributed by atoms with E-state index in [2.05, 4.69) is 19.2 Å². The molecule has 0 radical (unpaired) electrons. The topological polar surface area (TPSA) is 32.3 Å². The molecule has 1 aliphatic rings. The first-order valence-electron chi connectivity index (χ1n) is 6.86. The molecular weight excluding hydrogens is 257 g/mol. The van der Waals surface area contributed by atoms with Crippen molar-refractivity contribution in [2.45, 2.75) is 51.7 Å². The first-order chi connectivity index (χ1) is 8.78.